The molecular weight excluding hydrogens is 320 g/mol. The molecule has 2 rings (SSSR count). The molecule has 1 aliphatic rings. The molecule has 0 aromatic heterocycles. The first kappa shape index (κ1) is 18.6. The molecule has 1 aromatic rings. The van der Waals surface area contributed by atoms with Crippen molar-refractivity contribution in [2.45, 2.75) is 45.4 Å². The summed E-state index contributed by atoms with van der Waals surface area (Å²) < 4.78 is 28.6. The maximum atomic E-state index is 12.1. The molecule has 24 heavy (non-hydrogen) atoms. The molecule has 0 saturated carbocycles. The molecule has 134 valence electrons. The van der Waals surface area contributed by atoms with Gasteiger partial charge in [-0.15, -0.1) is 0 Å². The average molecular weight is 343 g/mol. The van der Waals surface area contributed by atoms with Crippen molar-refractivity contribution in [2.75, 3.05) is 13.1 Å². The fraction of sp³-hybridized carbons (Fsp3) is 0.588. The highest BCUT2D eigenvalue weighted by molar-refractivity contribution is 5.75. The summed E-state index contributed by atoms with van der Waals surface area (Å²) in [4.78, 5) is 13.6. The van der Waals surface area contributed by atoms with Crippen molar-refractivity contribution in [1.29, 1.82) is 0 Å². The number of hydrogen-bond acceptors (Lipinski definition) is 4. The largest absolute Gasteiger partial charge is 0.481 e. The van der Waals surface area contributed by atoms with Gasteiger partial charge in [-0.2, -0.15) is 8.78 Å². The zero-order valence-corrected chi connectivity index (χ0v) is 13.6. The number of alkyl halides is 2. The van der Waals surface area contributed by atoms with Crippen molar-refractivity contribution in [2.24, 2.45) is 5.41 Å². The van der Waals surface area contributed by atoms with E-state index >= 15 is 0 Å². The minimum absolute atomic E-state index is 0.0975. The number of carboxylic acid groups (broad SMARTS) is 1. The number of aliphatic hydroxyl groups is 1. The third-order valence-corrected chi connectivity index (χ3v) is 4.62. The normalized spacial score (nSPS) is 25.0. The van der Waals surface area contributed by atoms with Crippen LogP contribution in [-0.2, 0) is 11.3 Å². The van der Waals surface area contributed by atoms with Crippen molar-refractivity contribution < 1.29 is 28.5 Å². The number of carboxylic acids is 1. The summed E-state index contributed by atoms with van der Waals surface area (Å²) in [6, 6.07) is 6.32. The Hall–Kier alpha value is -1.73. The summed E-state index contributed by atoms with van der Waals surface area (Å²) in [5.74, 6) is -0.842. The number of ether oxygens (including phenoxy) is 1. The van der Waals surface area contributed by atoms with Gasteiger partial charge in [0.15, 0.2) is 0 Å². The highest BCUT2D eigenvalue weighted by atomic mass is 19.3. The molecule has 1 heterocycles. The summed E-state index contributed by atoms with van der Waals surface area (Å²) in [6.07, 6.45) is 0.626. The van der Waals surface area contributed by atoms with Crippen molar-refractivity contribution in [3.63, 3.8) is 0 Å². The molecule has 1 saturated heterocycles. The van der Waals surface area contributed by atoms with Crippen LogP contribution in [0.2, 0.25) is 0 Å². The predicted molar refractivity (Wildman–Crippen MR) is 84.0 cm³/mol. The van der Waals surface area contributed by atoms with Gasteiger partial charge in [-0.1, -0.05) is 25.5 Å². The Morgan fingerprint density at radius 2 is 2.08 bits per heavy atom. The van der Waals surface area contributed by atoms with Gasteiger partial charge in [0, 0.05) is 13.1 Å². The van der Waals surface area contributed by atoms with Crippen LogP contribution in [0, 0.1) is 5.41 Å². The summed E-state index contributed by atoms with van der Waals surface area (Å²) in [6.45, 7) is 0.428. The van der Waals surface area contributed by atoms with Crippen molar-refractivity contribution >= 4 is 5.97 Å². The summed E-state index contributed by atoms with van der Waals surface area (Å²) >= 11 is 0. The fourth-order valence-corrected chi connectivity index (χ4v) is 3.31. The van der Waals surface area contributed by atoms with Crippen LogP contribution >= 0.6 is 0 Å². The minimum atomic E-state index is -2.85. The Kier molecular flexibility index (Phi) is 6.12. The van der Waals surface area contributed by atoms with Gasteiger partial charge in [0.25, 0.3) is 0 Å². The van der Waals surface area contributed by atoms with Gasteiger partial charge in [-0.05, 0) is 37.1 Å². The van der Waals surface area contributed by atoms with Crippen LogP contribution in [0.1, 0.15) is 31.7 Å². The highest BCUT2D eigenvalue weighted by Crippen LogP contribution is 2.37. The molecule has 0 amide bonds. The van der Waals surface area contributed by atoms with Crippen LogP contribution in [0.25, 0.3) is 0 Å². The number of carbonyl (C=O) groups is 1. The number of β-amino-alcohol motifs (C(OH)–C–C–N with tert-alkyl or cyclic N) is 1. The third-order valence-electron chi connectivity index (χ3n) is 4.62. The van der Waals surface area contributed by atoms with E-state index in [9.17, 15) is 23.8 Å². The minimum Gasteiger partial charge on any atom is -0.481 e. The van der Waals surface area contributed by atoms with E-state index in [1.165, 1.54) is 12.1 Å². The number of benzene rings is 1. The van der Waals surface area contributed by atoms with Gasteiger partial charge in [0.05, 0.1) is 11.5 Å². The first-order valence-corrected chi connectivity index (χ1v) is 8.05. The molecule has 0 bridgehead atoms. The van der Waals surface area contributed by atoms with Crippen LogP contribution in [0.4, 0.5) is 8.78 Å². The van der Waals surface area contributed by atoms with Gasteiger partial charge in [0.2, 0.25) is 0 Å². The SMILES string of the molecule is CCC[C@]1(C(=O)O)CCN(Cc2ccc(OC(F)F)cc2)C[C@@H]1O. The monoisotopic (exact) mass is 343 g/mol. The van der Waals surface area contributed by atoms with Gasteiger partial charge >= 0.3 is 12.6 Å². The predicted octanol–water partition coefficient (Wildman–Crippen LogP) is 2.73. The lowest BCUT2D eigenvalue weighted by molar-refractivity contribution is -0.164. The molecule has 0 spiro atoms. The van der Waals surface area contributed by atoms with Crippen molar-refractivity contribution in [1.82, 2.24) is 4.90 Å². The Balaban J connectivity index is 1.97. The maximum absolute atomic E-state index is 12.1. The standard InChI is InChI=1S/C17H23F2NO4/c1-2-7-17(15(22)23)8-9-20(11-14(17)21)10-12-3-5-13(6-4-12)24-16(18)19/h3-6,14,16,21H,2,7-11H2,1H3,(H,22,23)/t14-,17-/m0/s1. The zero-order chi connectivity index (χ0) is 17.7. The topological polar surface area (TPSA) is 70.0 Å². The van der Waals surface area contributed by atoms with Crippen LogP contribution in [0.5, 0.6) is 5.75 Å². The number of likely N-dealkylation sites (tertiary alicyclic amines) is 1. The molecule has 5 nitrogen and oxygen atoms in total. The van der Waals surface area contributed by atoms with Gasteiger partial charge in [-0.3, -0.25) is 9.69 Å². The van der Waals surface area contributed by atoms with Crippen LogP contribution < -0.4 is 4.74 Å². The number of aliphatic hydroxyl groups excluding tert-OH is 1. The summed E-state index contributed by atoms with van der Waals surface area (Å²) in [7, 11) is 0. The number of rotatable bonds is 7. The molecule has 0 radical (unpaired) electrons. The van der Waals surface area contributed by atoms with E-state index in [0.717, 1.165) is 5.56 Å². The lowest BCUT2D eigenvalue weighted by atomic mass is 9.73. The van der Waals surface area contributed by atoms with E-state index in [2.05, 4.69) is 4.74 Å². The Bertz CT molecular complexity index is 552. The molecule has 2 N–H and O–H groups in total. The average Bonchev–Trinajstić information content (AvgIpc) is 2.51. The van der Waals surface area contributed by atoms with Gasteiger partial charge in [-0.25, -0.2) is 0 Å². The number of aliphatic carboxylic acids is 1. The van der Waals surface area contributed by atoms with E-state index in [1.807, 2.05) is 11.8 Å². The Morgan fingerprint density at radius 3 is 2.58 bits per heavy atom. The smallest absolute Gasteiger partial charge is 0.387 e. The van der Waals surface area contributed by atoms with Gasteiger partial charge < -0.3 is 14.9 Å². The molecule has 7 heteroatoms. The number of halogens is 2. The molecule has 1 aliphatic heterocycles. The molecule has 1 aromatic carbocycles. The second-order valence-electron chi connectivity index (χ2n) is 6.23. The second kappa shape index (κ2) is 7.90. The summed E-state index contributed by atoms with van der Waals surface area (Å²) in [5.41, 5.74) is -0.178. The fourth-order valence-electron chi connectivity index (χ4n) is 3.31. The van der Waals surface area contributed by atoms with E-state index in [0.29, 0.717) is 32.4 Å². The second-order valence-corrected chi connectivity index (χ2v) is 6.23. The van der Waals surface area contributed by atoms with E-state index in [4.69, 9.17) is 0 Å². The number of piperidine rings is 1. The lowest BCUT2D eigenvalue weighted by Gasteiger charge is -2.42. The maximum Gasteiger partial charge on any atom is 0.387 e. The van der Waals surface area contributed by atoms with E-state index in [-0.39, 0.29) is 12.3 Å². The number of hydrogen-bond donors (Lipinski definition) is 2. The third kappa shape index (κ3) is 4.21. The van der Waals surface area contributed by atoms with Gasteiger partial charge in [0.1, 0.15) is 5.75 Å². The zero-order valence-electron chi connectivity index (χ0n) is 13.6. The van der Waals surface area contributed by atoms with Crippen LogP contribution in [0.15, 0.2) is 24.3 Å². The quantitative estimate of drug-likeness (QED) is 0.797. The Labute approximate surface area is 139 Å². The lowest BCUT2D eigenvalue weighted by Crippen LogP contribution is -2.54. The molecule has 1 fully saturated rings. The first-order valence-electron chi connectivity index (χ1n) is 8.05. The van der Waals surface area contributed by atoms with Crippen LogP contribution in [0.3, 0.4) is 0 Å². The molecular formula is C17H23F2NO4. The Morgan fingerprint density at radius 1 is 1.42 bits per heavy atom. The van der Waals surface area contributed by atoms with Crippen molar-refractivity contribution in [3.05, 3.63) is 29.8 Å². The van der Waals surface area contributed by atoms with E-state index in [1.54, 1.807) is 12.1 Å². The molecule has 2 atom stereocenters. The molecule has 0 aliphatic carbocycles. The summed E-state index contributed by atoms with van der Waals surface area (Å²) in [5, 5.41) is 19.9. The van der Waals surface area contributed by atoms with Crippen molar-refractivity contribution in [3.8, 4) is 5.75 Å². The van der Waals surface area contributed by atoms with Crippen LogP contribution in [-0.4, -0.2) is 46.9 Å². The highest BCUT2D eigenvalue weighted by Gasteiger charge is 2.47. The van der Waals surface area contributed by atoms with E-state index < -0.39 is 24.1 Å². The number of nitrogens with zero attached hydrogens (tertiary/aromatic N) is 1. The first-order chi connectivity index (χ1) is 11.4. The molecule has 0 unspecified atom stereocenters.